The Morgan fingerprint density at radius 2 is 2.10 bits per heavy atom. The van der Waals surface area contributed by atoms with E-state index >= 15 is 0 Å². The molecule has 1 rings (SSSR count). The predicted octanol–water partition coefficient (Wildman–Crippen LogP) is 3.43. The Kier molecular flexibility index (Phi) is 5.09. The molecule has 0 bridgehead atoms. The molecule has 0 heterocycles. The van der Waals surface area contributed by atoms with Gasteiger partial charge in [0.1, 0.15) is 0 Å². The maximum absolute atomic E-state index is 12.2. The summed E-state index contributed by atoms with van der Waals surface area (Å²) in [5.74, 6) is -0.808. The predicted molar refractivity (Wildman–Crippen MR) is 68.4 cm³/mol. The molecule has 9 heteroatoms. The minimum atomic E-state index is -4.40. The third-order valence-electron chi connectivity index (χ3n) is 2.32. The summed E-state index contributed by atoms with van der Waals surface area (Å²) >= 11 is 3.03. The van der Waals surface area contributed by atoms with Crippen molar-refractivity contribution in [3.63, 3.8) is 0 Å². The number of carbonyl (C=O) groups excluding carboxylic acids is 1. The lowest BCUT2D eigenvalue weighted by molar-refractivity contribution is -0.384. The first-order valence-corrected chi connectivity index (χ1v) is 6.21. The second kappa shape index (κ2) is 6.21. The van der Waals surface area contributed by atoms with Crippen LogP contribution in [0.2, 0.25) is 0 Å². The lowest BCUT2D eigenvalue weighted by atomic mass is 10.1. The number of carbonyl (C=O) groups is 1. The highest BCUT2D eigenvalue weighted by molar-refractivity contribution is 9.10. The summed E-state index contributed by atoms with van der Waals surface area (Å²) < 4.78 is 36.7. The summed E-state index contributed by atoms with van der Waals surface area (Å²) in [5, 5.41) is 12.8. The number of nitrogens with zero attached hydrogens (tertiary/aromatic N) is 1. The average Bonchev–Trinajstić information content (AvgIpc) is 2.26. The Morgan fingerprint density at radius 1 is 1.50 bits per heavy atom. The molecule has 0 saturated heterocycles. The van der Waals surface area contributed by atoms with Gasteiger partial charge in [-0.05, 0) is 28.9 Å². The third kappa shape index (κ3) is 4.80. The van der Waals surface area contributed by atoms with E-state index < -0.39 is 29.5 Å². The number of alkyl halides is 3. The number of nitro groups is 1. The molecule has 0 fully saturated rings. The monoisotopic (exact) mass is 354 g/mol. The zero-order chi connectivity index (χ0) is 15.5. The molecule has 0 radical (unpaired) electrons. The van der Waals surface area contributed by atoms with Gasteiger partial charge >= 0.3 is 6.18 Å². The molecule has 5 nitrogen and oxygen atoms in total. The van der Waals surface area contributed by atoms with Crippen LogP contribution in [0.5, 0.6) is 0 Å². The highest BCUT2D eigenvalue weighted by Crippen LogP contribution is 2.24. The van der Waals surface area contributed by atoms with E-state index in [2.05, 4.69) is 21.2 Å². The highest BCUT2D eigenvalue weighted by atomic mass is 79.9. The third-order valence-corrected chi connectivity index (χ3v) is 3.01. The quantitative estimate of drug-likeness (QED) is 0.664. The Hall–Kier alpha value is -1.64. The number of hydrogen-bond donors (Lipinski definition) is 1. The molecular weight excluding hydrogens is 345 g/mol. The van der Waals surface area contributed by atoms with Gasteiger partial charge in [0.2, 0.25) is 0 Å². The summed E-state index contributed by atoms with van der Waals surface area (Å²) in [6.07, 6.45) is -5.57. The first kappa shape index (κ1) is 16.4. The topological polar surface area (TPSA) is 72.2 Å². The molecule has 20 heavy (non-hydrogen) atoms. The van der Waals surface area contributed by atoms with Gasteiger partial charge in [-0.15, -0.1) is 0 Å². The van der Waals surface area contributed by atoms with Crippen molar-refractivity contribution in [2.75, 3.05) is 0 Å². The van der Waals surface area contributed by atoms with Crippen molar-refractivity contribution in [1.82, 2.24) is 5.32 Å². The number of benzene rings is 1. The number of amides is 1. The molecule has 1 aromatic rings. The molecule has 1 unspecified atom stereocenters. The lowest BCUT2D eigenvalue weighted by Gasteiger charge is -2.16. The van der Waals surface area contributed by atoms with E-state index in [0.29, 0.717) is 0 Å². The van der Waals surface area contributed by atoms with Crippen LogP contribution in [0.1, 0.15) is 23.7 Å². The molecule has 0 saturated carbocycles. The van der Waals surface area contributed by atoms with Crippen molar-refractivity contribution in [3.05, 3.63) is 38.3 Å². The number of nitro benzene ring substituents is 1. The fourth-order valence-corrected chi connectivity index (χ4v) is 1.93. The van der Waals surface area contributed by atoms with Crippen LogP contribution in [0.3, 0.4) is 0 Å². The Balaban J connectivity index is 2.87. The largest absolute Gasteiger partial charge is 0.391 e. The highest BCUT2D eigenvalue weighted by Gasteiger charge is 2.31. The van der Waals surface area contributed by atoms with Crippen LogP contribution in [-0.4, -0.2) is 23.0 Å². The Labute approximate surface area is 120 Å². The summed E-state index contributed by atoms with van der Waals surface area (Å²) in [4.78, 5) is 21.7. The first-order valence-electron chi connectivity index (χ1n) is 5.41. The van der Waals surface area contributed by atoms with Gasteiger partial charge in [-0.25, -0.2) is 0 Å². The second-order valence-electron chi connectivity index (χ2n) is 4.12. The number of halogens is 4. The maximum Gasteiger partial charge on any atom is 0.391 e. The van der Waals surface area contributed by atoms with Gasteiger partial charge in [-0.2, -0.15) is 13.2 Å². The van der Waals surface area contributed by atoms with Crippen LogP contribution in [0.25, 0.3) is 0 Å². The van der Waals surface area contributed by atoms with E-state index in [4.69, 9.17) is 0 Å². The van der Waals surface area contributed by atoms with E-state index in [1.165, 1.54) is 19.1 Å². The van der Waals surface area contributed by atoms with Gasteiger partial charge in [0.15, 0.2) is 0 Å². The van der Waals surface area contributed by atoms with E-state index in [0.717, 1.165) is 6.07 Å². The first-order chi connectivity index (χ1) is 9.10. The van der Waals surface area contributed by atoms with Gasteiger partial charge in [0, 0.05) is 22.6 Å². The van der Waals surface area contributed by atoms with Crippen LogP contribution < -0.4 is 5.32 Å². The summed E-state index contributed by atoms with van der Waals surface area (Å²) in [6, 6.07) is 2.34. The normalized spacial score (nSPS) is 12.8. The minimum Gasteiger partial charge on any atom is -0.349 e. The Morgan fingerprint density at radius 3 is 2.60 bits per heavy atom. The van der Waals surface area contributed by atoms with Crippen LogP contribution in [0.15, 0.2) is 22.7 Å². The molecule has 1 atom stereocenters. The molecule has 1 amide bonds. The van der Waals surface area contributed by atoms with E-state index in [1.54, 1.807) is 0 Å². The van der Waals surface area contributed by atoms with Crippen LogP contribution in [0.4, 0.5) is 18.9 Å². The molecule has 0 spiro atoms. The molecule has 0 aliphatic heterocycles. The van der Waals surface area contributed by atoms with Crippen molar-refractivity contribution in [2.45, 2.75) is 25.6 Å². The Bertz CT molecular complexity index is 534. The summed E-state index contributed by atoms with van der Waals surface area (Å²) in [7, 11) is 0. The number of rotatable bonds is 4. The van der Waals surface area contributed by atoms with Gasteiger partial charge in [-0.1, -0.05) is 0 Å². The fourth-order valence-electron chi connectivity index (χ4n) is 1.50. The molecule has 1 aromatic carbocycles. The number of non-ortho nitro benzene ring substituents is 1. The van der Waals surface area contributed by atoms with Crippen LogP contribution >= 0.6 is 15.9 Å². The maximum atomic E-state index is 12.2. The fraction of sp³-hybridized carbons (Fsp3) is 0.364. The SMILES string of the molecule is CC(CC(F)(F)F)NC(=O)c1cc([N+](=O)[O-])ccc1Br. The molecule has 0 aromatic heterocycles. The standard InChI is InChI=1S/C11H10BrF3N2O3/c1-6(5-11(13,14)15)16-10(18)8-4-7(17(19)20)2-3-9(8)12/h2-4,6H,5H2,1H3,(H,16,18). The molecule has 0 aliphatic rings. The zero-order valence-corrected chi connectivity index (χ0v) is 11.8. The second-order valence-corrected chi connectivity index (χ2v) is 4.97. The van der Waals surface area contributed by atoms with Gasteiger partial charge < -0.3 is 5.32 Å². The van der Waals surface area contributed by atoms with Gasteiger partial charge in [0.25, 0.3) is 11.6 Å². The summed E-state index contributed by atoms with van der Waals surface area (Å²) in [5.41, 5.74) is -0.407. The smallest absolute Gasteiger partial charge is 0.349 e. The minimum absolute atomic E-state index is 0.0896. The van der Waals surface area contributed by atoms with Gasteiger partial charge in [-0.3, -0.25) is 14.9 Å². The zero-order valence-electron chi connectivity index (χ0n) is 10.2. The number of hydrogen-bond acceptors (Lipinski definition) is 3. The lowest BCUT2D eigenvalue weighted by Crippen LogP contribution is -2.36. The average molecular weight is 355 g/mol. The van der Waals surface area contributed by atoms with Crippen molar-refractivity contribution in [1.29, 1.82) is 0 Å². The van der Waals surface area contributed by atoms with Crippen LogP contribution in [0, 0.1) is 10.1 Å². The van der Waals surface area contributed by atoms with Crippen molar-refractivity contribution < 1.29 is 22.9 Å². The summed E-state index contributed by atoms with van der Waals surface area (Å²) in [6.45, 7) is 1.21. The molecule has 110 valence electrons. The van der Waals surface area contributed by atoms with E-state index in [1.807, 2.05) is 0 Å². The number of nitrogens with one attached hydrogen (secondary N) is 1. The van der Waals surface area contributed by atoms with Crippen molar-refractivity contribution in [2.24, 2.45) is 0 Å². The van der Waals surface area contributed by atoms with Crippen molar-refractivity contribution in [3.8, 4) is 0 Å². The molecule has 0 aliphatic carbocycles. The molecule has 1 N–H and O–H groups in total. The van der Waals surface area contributed by atoms with Crippen LogP contribution in [-0.2, 0) is 0 Å². The molecular formula is C11H10BrF3N2O3. The van der Waals surface area contributed by atoms with Gasteiger partial charge in [0.05, 0.1) is 16.9 Å². The van der Waals surface area contributed by atoms with E-state index in [9.17, 15) is 28.1 Å². The van der Waals surface area contributed by atoms with Crippen molar-refractivity contribution >= 4 is 27.5 Å². The van der Waals surface area contributed by atoms with E-state index in [-0.39, 0.29) is 15.7 Å².